The van der Waals surface area contributed by atoms with Crippen LogP contribution in [0.25, 0.3) is 0 Å². The van der Waals surface area contributed by atoms with E-state index in [9.17, 15) is 0 Å². The van der Waals surface area contributed by atoms with E-state index in [-0.39, 0.29) is 5.28 Å². The maximum atomic E-state index is 5.88. The van der Waals surface area contributed by atoms with Crippen molar-refractivity contribution >= 4 is 23.1 Å². The zero-order valence-electron chi connectivity index (χ0n) is 10.2. The minimum absolute atomic E-state index is 0.186. The fourth-order valence-corrected chi connectivity index (χ4v) is 1.68. The van der Waals surface area contributed by atoms with Gasteiger partial charge < -0.3 is 11.1 Å². The minimum Gasteiger partial charge on any atom is -0.394 e. The summed E-state index contributed by atoms with van der Waals surface area (Å²) in [7, 11) is 0. The molecule has 0 saturated carbocycles. The Morgan fingerprint density at radius 3 is 2.72 bits per heavy atom. The smallest absolute Gasteiger partial charge is 0.224 e. The number of hydrogen-bond acceptors (Lipinski definition) is 5. The van der Waals surface area contributed by atoms with Crippen LogP contribution in [0.5, 0.6) is 0 Å². The summed E-state index contributed by atoms with van der Waals surface area (Å²) in [6.45, 7) is 4.33. The molecular weight excluding hydrogens is 250 g/mol. The molecule has 0 radical (unpaired) electrons. The van der Waals surface area contributed by atoms with Gasteiger partial charge >= 0.3 is 0 Å². The highest BCUT2D eigenvalue weighted by molar-refractivity contribution is 6.28. The van der Waals surface area contributed by atoms with Crippen molar-refractivity contribution in [1.82, 2.24) is 15.0 Å². The first-order valence-corrected chi connectivity index (χ1v) is 5.89. The lowest BCUT2D eigenvalue weighted by molar-refractivity contribution is 1.04. The van der Waals surface area contributed by atoms with Crippen LogP contribution < -0.4 is 11.1 Å². The third-order valence-electron chi connectivity index (χ3n) is 2.54. The van der Waals surface area contributed by atoms with Crippen molar-refractivity contribution in [3.8, 4) is 0 Å². The molecule has 6 heteroatoms. The van der Waals surface area contributed by atoms with Crippen LogP contribution in [-0.2, 0) is 6.54 Å². The van der Waals surface area contributed by atoms with Gasteiger partial charge in [0.25, 0.3) is 0 Å². The van der Waals surface area contributed by atoms with Gasteiger partial charge in [-0.3, -0.25) is 4.98 Å². The van der Waals surface area contributed by atoms with Gasteiger partial charge in [-0.05, 0) is 37.1 Å². The number of halogens is 1. The quantitative estimate of drug-likeness (QED) is 0.831. The van der Waals surface area contributed by atoms with Crippen LogP contribution in [-0.4, -0.2) is 15.0 Å². The average Bonchev–Trinajstić information content (AvgIpc) is 2.34. The molecule has 0 amide bonds. The van der Waals surface area contributed by atoms with Crippen molar-refractivity contribution in [2.45, 2.75) is 20.4 Å². The predicted octanol–water partition coefficient (Wildman–Crippen LogP) is 2.34. The lowest BCUT2D eigenvalue weighted by atomic mass is 10.2. The van der Waals surface area contributed by atoms with Crippen molar-refractivity contribution < 1.29 is 0 Å². The van der Waals surface area contributed by atoms with Crippen LogP contribution in [0.1, 0.15) is 17.0 Å². The Morgan fingerprint density at radius 2 is 2.06 bits per heavy atom. The van der Waals surface area contributed by atoms with Gasteiger partial charge in [-0.15, -0.1) is 0 Å². The molecule has 0 aliphatic carbocycles. The Balaban J connectivity index is 2.13. The number of pyridine rings is 1. The van der Waals surface area contributed by atoms with Gasteiger partial charge in [-0.1, -0.05) is 6.07 Å². The van der Waals surface area contributed by atoms with E-state index in [1.165, 1.54) is 0 Å². The predicted molar refractivity (Wildman–Crippen MR) is 72.5 cm³/mol. The Kier molecular flexibility index (Phi) is 3.62. The highest BCUT2D eigenvalue weighted by atomic mass is 35.5. The average molecular weight is 264 g/mol. The molecule has 3 N–H and O–H groups in total. The van der Waals surface area contributed by atoms with Gasteiger partial charge in [0, 0.05) is 18.4 Å². The molecule has 5 nitrogen and oxygen atoms in total. The van der Waals surface area contributed by atoms with E-state index in [1.807, 2.05) is 25.3 Å². The molecule has 0 aliphatic heterocycles. The molecule has 0 saturated heterocycles. The number of nitrogens with two attached hydrogens (primary N) is 1. The van der Waals surface area contributed by atoms with Crippen LogP contribution in [0.15, 0.2) is 18.3 Å². The van der Waals surface area contributed by atoms with E-state index >= 15 is 0 Å². The van der Waals surface area contributed by atoms with Crippen LogP contribution in [0.2, 0.25) is 5.28 Å². The second-order valence-corrected chi connectivity index (χ2v) is 4.34. The molecule has 0 atom stereocenters. The molecule has 18 heavy (non-hydrogen) atoms. The number of nitrogen functional groups attached to an aromatic ring is 1. The van der Waals surface area contributed by atoms with E-state index < -0.39 is 0 Å². The number of anilines is 2. The summed E-state index contributed by atoms with van der Waals surface area (Å²) in [5, 5.41) is 3.32. The Labute approximate surface area is 110 Å². The lowest BCUT2D eigenvalue weighted by Gasteiger charge is -2.10. The van der Waals surface area contributed by atoms with Crippen molar-refractivity contribution in [2.24, 2.45) is 0 Å². The van der Waals surface area contributed by atoms with Gasteiger partial charge in [-0.25, -0.2) is 4.98 Å². The maximum absolute atomic E-state index is 5.88. The molecule has 0 fully saturated rings. The first-order chi connectivity index (χ1) is 8.56. The highest BCUT2D eigenvalue weighted by Gasteiger charge is 2.07. The van der Waals surface area contributed by atoms with Gasteiger partial charge in [0.1, 0.15) is 0 Å². The number of nitrogens with zero attached hydrogens (tertiary/aromatic N) is 3. The van der Waals surface area contributed by atoms with Crippen LogP contribution in [0.4, 0.5) is 11.5 Å². The van der Waals surface area contributed by atoms with Crippen molar-refractivity contribution in [3.05, 3.63) is 40.6 Å². The molecule has 2 heterocycles. The summed E-state index contributed by atoms with van der Waals surface area (Å²) < 4.78 is 0. The largest absolute Gasteiger partial charge is 0.394 e. The molecule has 94 valence electrons. The number of hydrogen-bond donors (Lipinski definition) is 2. The second-order valence-electron chi connectivity index (χ2n) is 4.00. The summed E-state index contributed by atoms with van der Waals surface area (Å²) in [6.07, 6.45) is 1.81. The van der Waals surface area contributed by atoms with Gasteiger partial charge in [0.2, 0.25) is 5.28 Å². The van der Waals surface area contributed by atoms with E-state index in [2.05, 4.69) is 20.3 Å². The Hall–Kier alpha value is -1.88. The highest BCUT2D eigenvalue weighted by Crippen LogP contribution is 2.21. The molecular formula is C12H14ClN5. The summed E-state index contributed by atoms with van der Waals surface area (Å²) in [5.74, 6) is 0.549. The Bertz CT molecular complexity index is 553. The first kappa shape index (κ1) is 12.6. The number of aryl methyl sites for hydroxylation is 2. The number of nitrogens with one attached hydrogen (secondary N) is 1. The SMILES string of the molecule is Cc1ccc(CNc2nc(Cl)nc(C)c2N)cn1. The zero-order valence-corrected chi connectivity index (χ0v) is 11.0. The fraction of sp³-hybridized carbons (Fsp3) is 0.250. The molecule has 0 bridgehead atoms. The maximum Gasteiger partial charge on any atom is 0.224 e. The lowest BCUT2D eigenvalue weighted by Crippen LogP contribution is -2.07. The standard InChI is InChI=1S/C12H14ClN5/c1-7-3-4-9(5-15-7)6-16-11-10(14)8(2)17-12(13)18-11/h3-5H,6,14H2,1-2H3,(H,16,17,18). The summed E-state index contributed by atoms with van der Waals surface area (Å²) in [4.78, 5) is 12.3. The summed E-state index contributed by atoms with van der Waals surface area (Å²) >= 11 is 5.79. The second kappa shape index (κ2) is 5.18. The molecule has 2 aromatic rings. The van der Waals surface area contributed by atoms with Gasteiger partial charge in [-0.2, -0.15) is 4.98 Å². The molecule has 0 aromatic carbocycles. The third-order valence-corrected chi connectivity index (χ3v) is 2.71. The van der Waals surface area contributed by atoms with Crippen molar-refractivity contribution in [2.75, 3.05) is 11.1 Å². The van der Waals surface area contributed by atoms with E-state index in [1.54, 1.807) is 6.92 Å². The van der Waals surface area contributed by atoms with Gasteiger partial charge in [0.15, 0.2) is 5.82 Å². The monoisotopic (exact) mass is 263 g/mol. The summed E-state index contributed by atoms with van der Waals surface area (Å²) in [5.41, 5.74) is 9.09. The van der Waals surface area contributed by atoms with E-state index in [0.717, 1.165) is 11.3 Å². The molecule has 0 spiro atoms. The molecule has 2 rings (SSSR count). The van der Waals surface area contributed by atoms with Crippen LogP contribution >= 0.6 is 11.6 Å². The van der Waals surface area contributed by atoms with E-state index in [0.29, 0.717) is 23.7 Å². The van der Waals surface area contributed by atoms with Crippen molar-refractivity contribution in [1.29, 1.82) is 0 Å². The van der Waals surface area contributed by atoms with Crippen LogP contribution in [0, 0.1) is 13.8 Å². The normalized spacial score (nSPS) is 10.4. The topological polar surface area (TPSA) is 76.7 Å². The molecule has 0 aliphatic rings. The Morgan fingerprint density at radius 1 is 1.28 bits per heavy atom. The number of rotatable bonds is 3. The first-order valence-electron chi connectivity index (χ1n) is 5.51. The molecule has 2 aromatic heterocycles. The number of aromatic nitrogens is 3. The zero-order chi connectivity index (χ0) is 13.1. The van der Waals surface area contributed by atoms with Crippen LogP contribution in [0.3, 0.4) is 0 Å². The minimum atomic E-state index is 0.186. The molecule has 0 unspecified atom stereocenters. The fourth-order valence-electron chi connectivity index (χ4n) is 1.47. The summed E-state index contributed by atoms with van der Waals surface area (Å²) in [6, 6.07) is 3.96. The van der Waals surface area contributed by atoms with E-state index in [4.69, 9.17) is 17.3 Å². The van der Waals surface area contributed by atoms with Gasteiger partial charge in [0.05, 0.1) is 11.4 Å². The van der Waals surface area contributed by atoms with Crippen molar-refractivity contribution in [3.63, 3.8) is 0 Å². The third kappa shape index (κ3) is 2.87.